The molecule has 0 saturated carbocycles. The fraction of sp³-hybridized carbons (Fsp3) is 0.182. The lowest BCUT2D eigenvalue weighted by Crippen LogP contribution is -2.48. The lowest BCUT2D eigenvalue weighted by Gasteiger charge is -2.22. The van der Waals surface area contributed by atoms with Crippen LogP contribution in [0.3, 0.4) is 0 Å². The van der Waals surface area contributed by atoms with Gasteiger partial charge in [0.25, 0.3) is 5.91 Å². The predicted molar refractivity (Wildman–Crippen MR) is 120 cm³/mol. The third kappa shape index (κ3) is 6.10. The Morgan fingerprint density at radius 1 is 1.06 bits per heavy atom. The van der Waals surface area contributed by atoms with Crippen molar-refractivity contribution < 1.29 is 29.7 Å². The number of carbonyl (C=O) groups is 3. The van der Waals surface area contributed by atoms with Crippen LogP contribution in [0.5, 0.6) is 0 Å². The number of halogens is 2. The minimum Gasteiger partial charge on any atom is -0.479 e. The van der Waals surface area contributed by atoms with Crippen LogP contribution >= 0.6 is 23.2 Å². The van der Waals surface area contributed by atoms with Gasteiger partial charge in [0.15, 0.2) is 6.10 Å². The Balaban J connectivity index is 1.84. The second kappa shape index (κ2) is 10.5. The summed E-state index contributed by atoms with van der Waals surface area (Å²) in [6.45, 7) is 0.0380. The second-order valence-electron chi connectivity index (χ2n) is 7.19. The Morgan fingerprint density at radius 3 is 2.45 bits per heavy atom. The maximum Gasteiger partial charge on any atom is 0.354 e. The second-order valence-corrected chi connectivity index (χ2v) is 8.03. The van der Waals surface area contributed by atoms with E-state index in [9.17, 15) is 29.7 Å². The number of carboxylic acids is 2. The maximum atomic E-state index is 12.9. The van der Waals surface area contributed by atoms with Crippen molar-refractivity contribution >= 4 is 41.0 Å². The third-order valence-corrected chi connectivity index (χ3v) is 5.42. The molecule has 1 heterocycles. The van der Waals surface area contributed by atoms with Crippen LogP contribution in [0, 0.1) is 0 Å². The first-order valence-electron chi connectivity index (χ1n) is 9.65. The molecule has 0 bridgehead atoms. The van der Waals surface area contributed by atoms with Gasteiger partial charge in [0.1, 0.15) is 5.69 Å². The highest BCUT2D eigenvalue weighted by Crippen LogP contribution is 2.20. The summed E-state index contributed by atoms with van der Waals surface area (Å²) in [6, 6.07) is 11.3. The SMILES string of the molecule is O=C(N[C@H](Cc1ccccc1Cl)[C@@H](O)C(=O)O)c1cc(Cl)cc(Cn2nccc2C(=O)O)c1. The fourth-order valence-corrected chi connectivity index (χ4v) is 3.72. The molecule has 11 heteroatoms. The molecule has 1 aromatic heterocycles. The molecule has 0 aliphatic carbocycles. The van der Waals surface area contributed by atoms with Crippen molar-refractivity contribution in [1.82, 2.24) is 15.1 Å². The molecule has 2 aromatic carbocycles. The third-order valence-electron chi connectivity index (χ3n) is 4.84. The van der Waals surface area contributed by atoms with E-state index in [1.54, 1.807) is 30.3 Å². The van der Waals surface area contributed by atoms with E-state index in [0.29, 0.717) is 16.1 Å². The fourth-order valence-electron chi connectivity index (χ4n) is 3.25. The zero-order valence-electron chi connectivity index (χ0n) is 17.0. The van der Waals surface area contributed by atoms with E-state index in [1.807, 2.05) is 0 Å². The Kier molecular flexibility index (Phi) is 7.70. The molecule has 0 aliphatic rings. The molecule has 0 unspecified atom stereocenters. The smallest absolute Gasteiger partial charge is 0.354 e. The zero-order valence-corrected chi connectivity index (χ0v) is 18.5. The Hall–Kier alpha value is -3.40. The number of aromatic carboxylic acids is 1. The molecule has 4 N–H and O–H groups in total. The number of hydrogen-bond donors (Lipinski definition) is 4. The largest absolute Gasteiger partial charge is 0.479 e. The highest BCUT2D eigenvalue weighted by atomic mass is 35.5. The Labute approximate surface area is 198 Å². The van der Waals surface area contributed by atoms with Crippen LogP contribution in [0.1, 0.15) is 32.0 Å². The molecular formula is C22H19Cl2N3O6. The number of carboxylic acid groups (broad SMARTS) is 2. The van der Waals surface area contributed by atoms with Crippen molar-refractivity contribution in [3.05, 3.63) is 87.2 Å². The molecular weight excluding hydrogens is 473 g/mol. The van der Waals surface area contributed by atoms with Crippen LogP contribution in [0.2, 0.25) is 10.0 Å². The summed E-state index contributed by atoms with van der Waals surface area (Å²) in [6.07, 6.45) is -0.568. The highest BCUT2D eigenvalue weighted by molar-refractivity contribution is 6.31. The molecule has 3 rings (SSSR count). The van der Waals surface area contributed by atoms with E-state index >= 15 is 0 Å². The van der Waals surface area contributed by atoms with E-state index in [1.165, 1.54) is 29.1 Å². The monoisotopic (exact) mass is 491 g/mol. The van der Waals surface area contributed by atoms with Gasteiger partial charge in [-0.25, -0.2) is 9.59 Å². The lowest BCUT2D eigenvalue weighted by atomic mass is 10.00. The van der Waals surface area contributed by atoms with Crippen LogP contribution < -0.4 is 5.32 Å². The molecule has 0 radical (unpaired) electrons. The number of nitrogens with one attached hydrogen (secondary N) is 1. The number of aliphatic hydroxyl groups is 1. The molecule has 9 nitrogen and oxygen atoms in total. The van der Waals surface area contributed by atoms with Crippen LogP contribution in [0.4, 0.5) is 0 Å². The first kappa shape index (κ1) is 24.2. The van der Waals surface area contributed by atoms with Crippen molar-refractivity contribution in [3.63, 3.8) is 0 Å². The molecule has 0 saturated heterocycles. The van der Waals surface area contributed by atoms with Crippen molar-refractivity contribution in [1.29, 1.82) is 0 Å². The van der Waals surface area contributed by atoms with Gasteiger partial charge in [-0.05, 0) is 47.9 Å². The summed E-state index contributed by atoms with van der Waals surface area (Å²) < 4.78 is 1.24. The first-order valence-corrected chi connectivity index (χ1v) is 10.4. The average molecular weight is 492 g/mol. The molecule has 1 amide bonds. The number of aromatic nitrogens is 2. The van der Waals surface area contributed by atoms with E-state index in [0.717, 1.165) is 0 Å². The normalized spacial score (nSPS) is 12.7. The number of rotatable bonds is 9. The van der Waals surface area contributed by atoms with Crippen LogP contribution in [0.15, 0.2) is 54.7 Å². The average Bonchev–Trinajstić information content (AvgIpc) is 3.22. The summed E-state index contributed by atoms with van der Waals surface area (Å²) in [7, 11) is 0. The van der Waals surface area contributed by atoms with Crippen molar-refractivity contribution in [3.8, 4) is 0 Å². The van der Waals surface area contributed by atoms with Crippen molar-refractivity contribution in [2.24, 2.45) is 0 Å². The Bertz CT molecular complexity index is 1200. The minimum absolute atomic E-state index is 0.0262. The van der Waals surface area contributed by atoms with Crippen molar-refractivity contribution in [2.45, 2.75) is 25.1 Å². The van der Waals surface area contributed by atoms with Gasteiger partial charge in [0.2, 0.25) is 0 Å². The van der Waals surface area contributed by atoms with Crippen LogP contribution in [0.25, 0.3) is 0 Å². The summed E-state index contributed by atoms with van der Waals surface area (Å²) in [5.41, 5.74) is 1.12. The van der Waals surface area contributed by atoms with Gasteiger partial charge in [-0.2, -0.15) is 5.10 Å². The molecule has 33 heavy (non-hydrogen) atoms. The maximum absolute atomic E-state index is 12.9. The van der Waals surface area contributed by atoms with E-state index in [-0.39, 0.29) is 29.2 Å². The van der Waals surface area contributed by atoms with Gasteiger partial charge < -0.3 is 20.6 Å². The van der Waals surface area contributed by atoms with Crippen LogP contribution in [-0.2, 0) is 17.8 Å². The predicted octanol–water partition coefficient (Wildman–Crippen LogP) is 2.72. The minimum atomic E-state index is -1.88. The highest BCUT2D eigenvalue weighted by Gasteiger charge is 2.28. The quantitative estimate of drug-likeness (QED) is 0.360. The van der Waals surface area contributed by atoms with E-state index < -0.39 is 30.0 Å². The number of hydrogen-bond acceptors (Lipinski definition) is 5. The topological polar surface area (TPSA) is 142 Å². The molecule has 3 aromatic rings. The first-order chi connectivity index (χ1) is 15.7. The summed E-state index contributed by atoms with van der Waals surface area (Å²) in [4.78, 5) is 35.6. The summed E-state index contributed by atoms with van der Waals surface area (Å²) in [5.74, 6) is -3.33. The standard InChI is InChI=1S/C22H19Cl2N3O6/c23-15-8-12(11-27-18(21(30)31)5-6-25-27)7-14(9-15)20(29)26-17(19(28)22(32)33)10-13-3-1-2-4-16(13)24/h1-9,17,19,28H,10-11H2,(H,26,29)(H,30,31)(H,32,33)/t17-,19-/m1/s1. The van der Waals surface area contributed by atoms with Gasteiger partial charge in [0.05, 0.1) is 12.6 Å². The molecule has 0 aliphatic heterocycles. The molecule has 0 fully saturated rings. The Morgan fingerprint density at radius 2 is 1.79 bits per heavy atom. The van der Waals surface area contributed by atoms with Gasteiger partial charge in [-0.15, -0.1) is 0 Å². The van der Waals surface area contributed by atoms with E-state index in [4.69, 9.17) is 23.2 Å². The lowest BCUT2D eigenvalue weighted by molar-refractivity contribution is -0.148. The van der Waals surface area contributed by atoms with E-state index in [2.05, 4.69) is 10.4 Å². The van der Waals surface area contributed by atoms with Gasteiger partial charge in [-0.1, -0.05) is 41.4 Å². The molecule has 2 atom stereocenters. The van der Waals surface area contributed by atoms with Crippen LogP contribution in [-0.4, -0.2) is 55.1 Å². The zero-order chi connectivity index (χ0) is 24.1. The van der Waals surface area contributed by atoms with Gasteiger partial charge in [-0.3, -0.25) is 9.48 Å². The number of aliphatic carboxylic acids is 1. The number of aliphatic hydroxyl groups excluding tert-OH is 1. The molecule has 0 spiro atoms. The van der Waals surface area contributed by atoms with Gasteiger partial charge in [0, 0.05) is 21.8 Å². The van der Waals surface area contributed by atoms with Crippen molar-refractivity contribution in [2.75, 3.05) is 0 Å². The van der Waals surface area contributed by atoms with Gasteiger partial charge >= 0.3 is 11.9 Å². The number of nitrogens with zero attached hydrogens (tertiary/aromatic N) is 2. The molecule has 172 valence electrons. The number of amides is 1. The number of carbonyl (C=O) groups excluding carboxylic acids is 1. The number of benzene rings is 2. The summed E-state index contributed by atoms with van der Waals surface area (Å²) in [5, 5.41) is 35.7. The summed E-state index contributed by atoms with van der Waals surface area (Å²) >= 11 is 12.3.